The predicted molar refractivity (Wildman–Crippen MR) is 389 cm³/mol. The average Bonchev–Trinajstić information content (AvgIpc) is 1.14. The first kappa shape index (κ1) is 76.4. The molecule has 3 aromatic carbocycles. The van der Waals surface area contributed by atoms with Crippen LogP contribution in [0.4, 0.5) is 0 Å². The topological polar surface area (TPSA) is 339 Å². The molecule has 30 nitrogen and oxygen atoms in total. The SMILES string of the molecule is CCCc1nc(C)c2c(=O)[nH]c(-c3cc(S(=O)(=O)N4CCN(CC)CC4)ccc3OCC)nn12.CCCc1nc(C)c2c(=O)[nH]c(-c3cc(S(=O)(=O)N4CCN(CC)CC4)ccc3OCC)nn12.CCCc1nc(C)c2c(=O)[nH]c(-c3cc(S(=O)(=O)N4CCN(CC)CC4)ccc3OCC)nn12. The van der Waals surface area contributed by atoms with Crippen molar-refractivity contribution in [1.29, 1.82) is 0 Å². The summed E-state index contributed by atoms with van der Waals surface area (Å²) in [5.41, 5.74) is 3.27. The maximum absolute atomic E-state index is 13.4. The molecule has 0 aliphatic carbocycles. The molecule has 0 spiro atoms. The third-order valence-corrected chi connectivity index (χ3v) is 24.1. The van der Waals surface area contributed by atoms with Gasteiger partial charge >= 0.3 is 0 Å². The summed E-state index contributed by atoms with van der Waals surface area (Å²) < 4.78 is 107. The Morgan fingerprint density at radius 2 is 0.618 bits per heavy atom. The lowest BCUT2D eigenvalue weighted by molar-refractivity contribution is 0.196. The number of hydrogen-bond donors (Lipinski definition) is 3. The monoisotopic (exact) mass is 1460 g/mol. The number of nitrogens with zero attached hydrogens (tertiary/aromatic N) is 15. The Balaban J connectivity index is 0.000000165. The maximum Gasteiger partial charge on any atom is 0.277 e. The lowest BCUT2D eigenvalue weighted by Crippen LogP contribution is -2.48. The van der Waals surface area contributed by atoms with E-state index >= 15 is 0 Å². The van der Waals surface area contributed by atoms with Crippen molar-refractivity contribution in [1.82, 2.24) is 86.4 Å². The third-order valence-electron chi connectivity index (χ3n) is 18.4. The molecule has 6 aromatic heterocycles. The number of imidazole rings is 3. The normalized spacial score (nSPS) is 15.8. The van der Waals surface area contributed by atoms with E-state index in [1.54, 1.807) is 88.9 Å². The maximum atomic E-state index is 13.4. The van der Waals surface area contributed by atoms with Crippen molar-refractivity contribution in [3.05, 3.63) is 120 Å². The molecule has 0 saturated carbocycles. The number of benzene rings is 3. The number of H-pyrrole nitrogens is 3. The van der Waals surface area contributed by atoms with E-state index in [1.807, 2.05) is 41.5 Å². The zero-order chi connectivity index (χ0) is 73.4. The molecule has 102 heavy (non-hydrogen) atoms. The Kier molecular flexibility index (Phi) is 24.7. The lowest BCUT2D eigenvalue weighted by atomic mass is 10.2. The van der Waals surface area contributed by atoms with Crippen LogP contribution in [0.25, 0.3) is 50.7 Å². The summed E-state index contributed by atoms with van der Waals surface area (Å²) in [5.74, 6) is 4.15. The molecule has 9 heterocycles. The number of aromatic amines is 3. The molecule has 3 fully saturated rings. The van der Waals surface area contributed by atoms with Crippen molar-refractivity contribution in [2.24, 2.45) is 0 Å². The second-order valence-electron chi connectivity index (χ2n) is 25.1. The number of nitrogens with one attached hydrogen (secondary N) is 3. The summed E-state index contributed by atoms with van der Waals surface area (Å²) in [7, 11) is -11.1. The predicted octanol–water partition coefficient (Wildman–Crippen LogP) is 6.21. The Morgan fingerprint density at radius 3 is 0.833 bits per heavy atom. The number of ether oxygens (including phenoxy) is 3. The summed E-state index contributed by atoms with van der Waals surface area (Å²) in [5, 5.41) is 13.9. The number of fused-ring (bicyclic) bond motifs is 3. The molecule has 3 aliphatic heterocycles. The Bertz CT molecular complexity index is 4510. The second-order valence-corrected chi connectivity index (χ2v) is 30.9. The zero-order valence-electron chi connectivity index (χ0n) is 60.5. The van der Waals surface area contributed by atoms with Gasteiger partial charge in [-0.2, -0.15) is 12.9 Å². The van der Waals surface area contributed by atoms with Crippen LogP contribution in [0.1, 0.15) is 116 Å². The number of aromatic nitrogens is 12. The molecule has 3 N–H and O–H groups in total. The van der Waals surface area contributed by atoms with Crippen molar-refractivity contribution < 1.29 is 39.5 Å². The number of hydrogen-bond acceptors (Lipinski definition) is 21. The van der Waals surface area contributed by atoms with Gasteiger partial charge in [0.05, 0.1) is 68.3 Å². The van der Waals surface area contributed by atoms with Crippen molar-refractivity contribution >= 4 is 46.6 Å². The van der Waals surface area contributed by atoms with Crippen LogP contribution in [0.5, 0.6) is 17.2 Å². The summed E-state index contributed by atoms with van der Waals surface area (Å²) in [4.78, 5) is 67.9. The number of piperazine rings is 3. The fraction of sp³-hybridized carbons (Fsp3) is 0.522. The van der Waals surface area contributed by atoms with Crippen molar-refractivity contribution in [2.75, 3.05) is 118 Å². The molecule has 0 radical (unpaired) electrons. The number of sulfonamides is 3. The molecule has 0 unspecified atom stereocenters. The molecule has 9 aromatic rings. The Morgan fingerprint density at radius 1 is 0.373 bits per heavy atom. The first-order valence-corrected chi connectivity index (χ1v) is 39.7. The standard InChI is InChI=1S/3C23H32N6O4S/c3*1-5-8-20-24-16(4)21-23(30)25-22(26-29(20)21)18-15-17(9-10-19(18)33-7-3)34(31,32)28-13-11-27(6-2)12-14-28/h3*9-10,15H,5-8,11-14H2,1-4H3,(H,25,26,30). The van der Waals surface area contributed by atoms with Gasteiger partial charge in [0.1, 0.15) is 34.7 Å². The van der Waals surface area contributed by atoms with Crippen LogP contribution in [0, 0.1) is 20.8 Å². The van der Waals surface area contributed by atoms with Gasteiger partial charge in [0.15, 0.2) is 34.0 Å². The zero-order valence-corrected chi connectivity index (χ0v) is 62.9. The molecule has 0 amide bonds. The minimum Gasteiger partial charge on any atom is -0.493 e. The highest BCUT2D eigenvalue weighted by Gasteiger charge is 2.33. The Labute approximate surface area is 595 Å². The highest BCUT2D eigenvalue weighted by Crippen LogP contribution is 2.35. The van der Waals surface area contributed by atoms with E-state index < -0.39 is 30.1 Å². The first-order chi connectivity index (χ1) is 48.9. The van der Waals surface area contributed by atoms with E-state index in [2.05, 4.69) is 80.7 Å². The molecule has 0 bridgehead atoms. The van der Waals surface area contributed by atoms with Gasteiger partial charge in [-0.15, -0.1) is 15.3 Å². The summed E-state index contributed by atoms with van der Waals surface area (Å²) in [6.45, 7) is 33.9. The van der Waals surface area contributed by atoms with E-state index in [1.165, 1.54) is 12.9 Å². The quantitative estimate of drug-likeness (QED) is 0.0605. The minimum absolute atomic E-state index is 0.147. The fourth-order valence-corrected chi connectivity index (χ4v) is 17.3. The number of aryl methyl sites for hydroxylation is 6. The van der Waals surface area contributed by atoms with Crippen LogP contribution >= 0.6 is 0 Å². The van der Waals surface area contributed by atoms with E-state index in [0.717, 1.165) is 38.9 Å². The van der Waals surface area contributed by atoms with E-state index in [0.29, 0.717) is 203 Å². The largest absolute Gasteiger partial charge is 0.493 e. The average molecular weight is 1470 g/mol. The molecule has 3 aliphatic rings. The highest BCUT2D eigenvalue weighted by atomic mass is 32.2. The van der Waals surface area contributed by atoms with Gasteiger partial charge in [-0.3, -0.25) is 14.4 Å². The van der Waals surface area contributed by atoms with Gasteiger partial charge in [-0.05, 0) is 135 Å². The minimum atomic E-state index is -3.71. The van der Waals surface area contributed by atoms with Crippen molar-refractivity contribution in [2.45, 2.75) is 136 Å². The van der Waals surface area contributed by atoms with Gasteiger partial charge in [0.25, 0.3) is 16.7 Å². The van der Waals surface area contributed by atoms with Crippen LogP contribution in [-0.2, 0) is 49.3 Å². The molecule has 0 atom stereocenters. The van der Waals surface area contributed by atoms with Crippen LogP contribution in [0.3, 0.4) is 0 Å². The third kappa shape index (κ3) is 16.1. The second kappa shape index (κ2) is 33.0. The van der Waals surface area contributed by atoms with Crippen LogP contribution in [0.15, 0.2) is 83.7 Å². The van der Waals surface area contributed by atoms with Crippen molar-refractivity contribution in [3.8, 4) is 51.4 Å². The van der Waals surface area contributed by atoms with E-state index in [4.69, 9.17) is 14.2 Å². The van der Waals surface area contributed by atoms with Crippen LogP contribution in [-0.4, -0.2) is 230 Å². The smallest absolute Gasteiger partial charge is 0.277 e. The number of rotatable bonds is 24. The van der Waals surface area contributed by atoms with Gasteiger partial charge < -0.3 is 43.9 Å². The molecule has 3 saturated heterocycles. The molecule has 552 valence electrons. The van der Waals surface area contributed by atoms with E-state index in [9.17, 15) is 39.6 Å². The van der Waals surface area contributed by atoms with Crippen LogP contribution < -0.4 is 30.9 Å². The van der Waals surface area contributed by atoms with E-state index in [-0.39, 0.29) is 48.8 Å². The number of likely N-dealkylation sites (N-methyl/N-ethyl adjacent to an activating group) is 3. The highest BCUT2D eigenvalue weighted by molar-refractivity contribution is 7.89. The Hall–Kier alpha value is -8.28. The molecular weight excluding hydrogens is 1370 g/mol. The van der Waals surface area contributed by atoms with Gasteiger partial charge in [-0.1, -0.05) is 41.5 Å². The van der Waals surface area contributed by atoms with Gasteiger partial charge in [0, 0.05) is 97.8 Å². The molecule has 33 heteroatoms. The van der Waals surface area contributed by atoms with Gasteiger partial charge in [-0.25, -0.2) is 53.8 Å². The summed E-state index contributed by atoms with van der Waals surface area (Å²) >= 11 is 0. The fourth-order valence-electron chi connectivity index (χ4n) is 12.9. The van der Waals surface area contributed by atoms with Gasteiger partial charge in [0.2, 0.25) is 30.1 Å². The summed E-state index contributed by atoms with van der Waals surface area (Å²) in [6.07, 6.45) is 4.56. The van der Waals surface area contributed by atoms with Crippen molar-refractivity contribution in [3.63, 3.8) is 0 Å². The van der Waals surface area contributed by atoms with Crippen LogP contribution in [0.2, 0.25) is 0 Å². The summed E-state index contributed by atoms with van der Waals surface area (Å²) in [6, 6.07) is 14.2. The molecule has 12 rings (SSSR count). The molecular formula is C69H96N18O12S3. The lowest BCUT2D eigenvalue weighted by Gasteiger charge is -2.33. The first-order valence-electron chi connectivity index (χ1n) is 35.3.